The number of halogens is 1. The van der Waals surface area contributed by atoms with E-state index < -0.39 is 34.3 Å². The lowest BCUT2D eigenvalue weighted by Crippen LogP contribution is -2.53. The van der Waals surface area contributed by atoms with Crippen LogP contribution in [0, 0.1) is 12.7 Å². The van der Waals surface area contributed by atoms with Gasteiger partial charge in [-0.25, -0.2) is 12.8 Å². The Balaban J connectivity index is 2.43. The quantitative estimate of drug-likeness (QED) is 0.569. The number of nitrogens with zero attached hydrogens (tertiary/aromatic N) is 2. The van der Waals surface area contributed by atoms with Crippen LogP contribution in [0.1, 0.15) is 38.3 Å². The zero-order valence-corrected chi connectivity index (χ0v) is 20.5. The van der Waals surface area contributed by atoms with Crippen LogP contribution in [0.2, 0.25) is 0 Å². The Hall–Kier alpha value is -2.94. The number of aryl methyl sites for hydroxylation is 1. The van der Waals surface area contributed by atoms with Gasteiger partial charge in [-0.15, -0.1) is 0 Å². The summed E-state index contributed by atoms with van der Waals surface area (Å²) in [5, 5.41) is 2.82. The second-order valence-electron chi connectivity index (χ2n) is 8.34. The van der Waals surface area contributed by atoms with Crippen LogP contribution >= 0.6 is 0 Å². The molecule has 0 fully saturated rings. The normalized spacial score (nSPS) is 12.3. The molecule has 1 unspecified atom stereocenters. The molecule has 1 N–H and O–H groups in total. The van der Waals surface area contributed by atoms with Gasteiger partial charge in [-0.3, -0.25) is 13.9 Å². The molecular weight excluding hydrogens is 445 g/mol. The average Bonchev–Trinajstić information content (AvgIpc) is 2.71. The predicted molar refractivity (Wildman–Crippen MR) is 128 cm³/mol. The molecule has 0 spiro atoms. The van der Waals surface area contributed by atoms with Gasteiger partial charge in [0.1, 0.15) is 18.4 Å². The Bertz CT molecular complexity index is 1070. The molecule has 0 aromatic heterocycles. The van der Waals surface area contributed by atoms with Gasteiger partial charge in [0.2, 0.25) is 21.8 Å². The highest BCUT2D eigenvalue weighted by Gasteiger charge is 2.32. The molecule has 0 aliphatic carbocycles. The number of benzene rings is 2. The van der Waals surface area contributed by atoms with Crippen molar-refractivity contribution in [1.29, 1.82) is 0 Å². The number of hydrogen-bond acceptors (Lipinski definition) is 4. The van der Waals surface area contributed by atoms with Crippen LogP contribution in [0.3, 0.4) is 0 Å². The molecule has 180 valence electrons. The molecule has 0 bridgehead atoms. The molecular formula is C24H32FN3O4S. The Kier molecular flexibility index (Phi) is 8.99. The first-order valence-corrected chi connectivity index (χ1v) is 12.7. The molecule has 7 nitrogen and oxygen atoms in total. The summed E-state index contributed by atoms with van der Waals surface area (Å²) in [5.74, 6) is -1.27. The first-order valence-electron chi connectivity index (χ1n) is 10.8. The monoisotopic (exact) mass is 477 g/mol. The van der Waals surface area contributed by atoms with Crippen LogP contribution in [0.15, 0.2) is 48.5 Å². The molecule has 1 atom stereocenters. The number of hydrogen-bond donors (Lipinski definition) is 1. The summed E-state index contributed by atoms with van der Waals surface area (Å²) in [6.45, 7) is 6.82. The van der Waals surface area contributed by atoms with E-state index in [1.54, 1.807) is 25.1 Å². The minimum Gasteiger partial charge on any atom is -0.352 e. The second-order valence-corrected chi connectivity index (χ2v) is 10.3. The number of carbonyl (C=O) groups is 2. The molecule has 9 heteroatoms. The van der Waals surface area contributed by atoms with Gasteiger partial charge in [-0.2, -0.15) is 0 Å². The summed E-state index contributed by atoms with van der Waals surface area (Å²) in [6.07, 6.45) is 1.37. The molecule has 2 aromatic carbocycles. The molecule has 2 rings (SSSR count). The zero-order valence-electron chi connectivity index (χ0n) is 19.7. The van der Waals surface area contributed by atoms with E-state index in [-0.39, 0.29) is 18.5 Å². The largest absolute Gasteiger partial charge is 0.352 e. The highest BCUT2D eigenvalue weighted by molar-refractivity contribution is 7.92. The standard InChI is InChI=1S/C24H32FN3O4S/c1-6-22(24(30)26-17(2)3)27(15-19-10-12-20(25)13-11-19)23(29)16-28(33(5,31)32)21-9-7-8-18(4)14-21/h7-14,17,22H,6,15-16H2,1-5H3,(H,26,30). The van der Waals surface area contributed by atoms with Gasteiger partial charge in [0.05, 0.1) is 11.9 Å². The fourth-order valence-electron chi connectivity index (χ4n) is 3.48. The number of anilines is 1. The molecule has 0 saturated heterocycles. The highest BCUT2D eigenvalue weighted by Crippen LogP contribution is 2.21. The zero-order chi connectivity index (χ0) is 24.8. The summed E-state index contributed by atoms with van der Waals surface area (Å²) >= 11 is 0. The van der Waals surface area contributed by atoms with Crippen LogP contribution in [0.5, 0.6) is 0 Å². The van der Waals surface area contributed by atoms with Crippen LogP contribution in [0.4, 0.5) is 10.1 Å². The third-order valence-electron chi connectivity index (χ3n) is 5.05. The maximum absolute atomic E-state index is 13.5. The summed E-state index contributed by atoms with van der Waals surface area (Å²) in [6, 6.07) is 11.5. The van der Waals surface area contributed by atoms with Crippen molar-refractivity contribution >= 4 is 27.5 Å². The van der Waals surface area contributed by atoms with Crippen molar-refractivity contribution in [2.75, 3.05) is 17.1 Å². The maximum Gasteiger partial charge on any atom is 0.244 e. The fraction of sp³-hybridized carbons (Fsp3) is 0.417. The molecule has 2 amide bonds. The first-order chi connectivity index (χ1) is 15.4. The van der Waals surface area contributed by atoms with Gasteiger partial charge in [0, 0.05) is 12.6 Å². The van der Waals surface area contributed by atoms with Crippen molar-refractivity contribution in [1.82, 2.24) is 10.2 Å². The van der Waals surface area contributed by atoms with Gasteiger partial charge >= 0.3 is 0 Å². The van der Waals surface area contributed by atoms with Crippen LogP contribution in [-0.4, -0.2) is 50.0 Å². The molecule has 33 heavy (non-hydrogen) atoms. The number of carbonyl (C=O) groups excluding carboxylic acids is 2. The summed E-state index contributed by atoms with van der Waals surface area (Å²) < 4.78 is 39.5. The van der Waals surface area contributed by atoms with E-state index in [2.05, 4.69) is 5.32 Å². The van der Waals surface area contributed by atoms with Crippen molar-refractivity contribution in [2.45, 2.75) is 52.7 Å². The highest BCUT2D eigenvalue weighted by atomic mass is 32.2. The smallest absolute Gasteiger partial charge is 0.244 e. The lowest BCUT2D eigenvalue weighted by Gasteiger charge is -2.33. The van der Waals surface area contributed by atoms with Gasteiger partial charge in [0.25, 0.3) is 0 Å². The molecule has 0 saturated carbocycles. The Morgan fingerprint density at radius 3 is 2.24 bits per heavy atom. The Morgan fingerprint density at radius 2 is 1.73 bits per heavy atom. The van der Waals surface area contributed by atoms with Gasteiger partial charge < -0.3 is 10.2 Å². The van der Waals surface area contributed by atoms with Crippen LogP contribution in [-0.2, 0) is 26.2 Å². The molecule has 2 aromatic rings. The topological polar surface area (TPSA) is 86.8 Å². The van der Waals surface area contributed by atoms with E-state index in [4.69, 9.17) is 0 Å². The lowest BCUT2D eigenvalue weighted by atomic mass is 10.1. The third kappa shape index (κ3) is 7.56. The summed E-state index contributed by atoms with van der Waals surface area (Å²) in [5.41, 5.74) is 1.84. The summed E-state index contributed by atoms with van der Waals surface area (Å²) in [4.78, 5) is 27.7. The SMILES string of the molecule is CCC(C(=O)NC(C)C)N(Cc1ccc(F)cc1)C(=O)CN(c1cccc(C)c1)S(C)(=O)=O. The minimum absolute atomic E-state index is 0.0363. The Labute approximate surface area is 195 Å². The van der Waals surface area contributed by atoms with Gasteiger partial charge in [0.15, 0.2) is 0 Å². The van der Waals surface area contributed by atoms with Crippen LogP contribution < -0.4 is 9.62 Å². The minimum atomic E-state index is -3.78. The number of nitrogens with one attached hydrogen (secondary N) is 1. The lowest BCUT2D eigenvalue weighted by molar-refractivity contribution is -0.140. The van der Waals surface area contributed by atoms with Gasteiger partial charge in [-0.1, -0.05) is 31.2 Å². The van der Waals surface area contributed by atoms with Crippen molar-refractivity contribution < 1.29 is 22.4 Å². The number of amides is 2. The van der Waals surface area contributed by atoms with E-state index in [0.29, 0.717) is 17.7 Å². The number of rotatable bonds is 10. The maximum atomic E-state index is 13.5. The molecule has 0 aliphatic heterocycles. The van der Waals surface area contributed by atoms with E-state index in [9.17, 15) is 22.4 Å². The fourth-order valence-corrected chi connectivity index (χ4v) is 4.32. The molecule has 0 radical (unpaired) electrons. The van der Waals surface area contributed by atoms with Crippen molar-refractivity contribution in [3.05, 3.63) is 65.5 Å². The van der Waals surface area contributed by atoms with Crippen LogP contribution in [0.25, 0.3) is 0 Å². The van der Waals surface area contributed by atoms with E-state index in [0.717, 1.165) is 16.1 Å². The van der Waals surface area contributed by atoms with Crippen molar-refractivity contribution in [3.63, 3.8) is 0 Å². The van der Waals surface area contributed by atoms with Crippen molar-refractivity contribution in [2.24, 2.45) is 0 Å². The first kappa shape index (κ1) is 26.3. The predicted octanol–water partition coefficient (Wildman–Crippen LogP) is 3.23. The van der Waals surface area contributed by atoms with E-state index in [1.807, 2.05) is 26.8 Å². The second kappa shape index (κ2) is 11.3. The summed E-state index contributed by atoms with van der Waals surface area (Å²) in [7, 11) is -3.78. The number of sulfonamides is 1. The van der Waals surface area contributed by atoms with Gasteiger partial charge in [-0.05, 0) is 62.6 Å². The van der Waals surface area contributed by atoms with E-state index in [1.165, 1.54) is 29.2 Å². The van der Waals surface area contributed by atoms with Crippen molar-refractivity contribution in [3.8, 4) is 0 Å². The third-order valence-corrected chi connectivity index (χ3v) is 6.19. The average molecular weight is 478 g/mol. The van der Waals surface area contributed by atoms with E-state index >= 15 is 0 Å². The molecule has 0 aliphatic rings. The Morgan fingerprint density at radius 1 is 1.09 bits per heavy atom. The molecule has 0 heterocycles.